The fourth-order valence-corrected chi connectivity index (χ4v) is 3.65. The smallest absolute Gasteiger partial charge is 0.410 e. The van der Waals surface area contributed by atoms with Crippen LogP contribution in [-0.4, -0.2) is 40.5 Å². The molecule has 8 heteroatoms. The number of amides is 2. The minimum atomic E-state index is -0.540. The number of hydrogen-bond acceptors (Lipinski definition) is 5. The summed E-state index contributed by atoms with van der Waals surface area (Å²) in [5, 5.41) is 10.7. The fourth-order valence-electron chi connectivity index (χ4n) is 3.65. The van der Waals surface area contributed by atoms with E-state index in [1.165, 1.54) is 17.0 Å². The molecule has 0 aromatic heterocycles. The molecular formula is C19H17N3O5. The number of carbonyl (C=O) groups is 2. The van der Waals surface area contributed by atoms with Gasteiger partial charge in [0.2, 0.25) is 5.91 Å². The molecule has 2 aromatic carbocycles. The van der Waals surface area contributed by atoms with Crippen LogP contribution in [0.4, 0.5) is 16.2 Å². The fraction of sp³-hybridized carbons (Fsp3) is 0.263. The predicted molar refractivity (Wildman–Crippen MR) is 96.1 cm³/mol. The van der Waals surface area contributed by atoms with Gasteiger partial charge < -0.3 is 9.64 Å². The van der Waals surface area contributed by atoms with Crippen molar-refractivity contribution in [2.24, 2.45) is 0 Å². The van der Waals surface area contributed by atoms with E-state index in [4.69, 9.17) is 4.74 Å². The van der Waals surface area contributed by atoms with E-state index in [2.05, 4.69) is 0 Å². The Hall–Kier alpha value is -3.42. The van der Waals surface area contributed by atoms with Gasteiger partial charge in [0.05, 0.1) is 11.0 Å². The zero-order valence-corrected chi connectivity index (χ0v) is 14.4. The van der Waals surface area contributed by atoms with Gasteiger partial charge in [0.15, 0.2) is 0 Å². The zero-order valence-electron chi connectivity index (χ0n) is 14.4. The number of para-hydroxylation sites is 1. The molecule has 0 radical (unpaired) electrons. The maximum atomic E-state index is 12.7. The van der Waals surface area contributed by atoms with Crippen LogP contribution in [0.2, 0.25) is 0 Å². The van der Waals surface area contributed by atoms with Gasteiger partial charge in [-0.3, -0.25) is 19.8 Å². The van der Waals surface area contributed by atoms with Gasteiger partial charge in [-0.05, 0) is 36.2 Å². The van der Waals surface area contributed by atoms with Crippen LogP contribution in [0.5, 0.6) is 0 Å². The monoisotopic (exact) mass is 367 g/mol. The summed E-state index contributed by atoms with van der Waals surface area (Å²) in [6.45, 7) is 0.436. The maximum absolute atomic E-state index is 12.7. The molecule has 0 aliphatic carbocycles. The SMILES string of the molecule is O=C(OCc1ccc([N+](=O)[O-])cc1)N1C[C@@H]2C[C@H]1C(=O)N2c1ccccc1. The number of fused-ring (bicyclic) bond motifs is 2. The molecule has 138 valence electrons. The van der Waals surface area contributed by atoms with E-state index in [9.17, 15) is 19.7 Å². The van der Waals surface area contributed by atoms with Crippen molar-refractivity contribution < 1.29 is 19.2 Å². The quantitative estimate of drug-likeness (QED) is 0.612. The molecule has 2 atom stereocenters. The third-order valence-corrected chi connectivity index (χ3v) is 4.94. The van der Waals surface area contributed by atoms with Gasteiger partial charge in [0.25, 0.3) is 5.69 Å². The molecular weight excluding hydrogens is 350 g/mol. The molecule has 2 saturated heterocycles. The zero-order chi connectivity index (χ0) is 19.0. The van der Waals surface area contributed by atoms with Crippen molar-refractivity contribution in [2.45, 2.75) is 25.1 Å². The highest BCUT2D eigenvalue weighted by Gasteiger charge is 2.52. The number of nitro benzene ring substituents is 1. The van der Waals surface area contributed by atoms with Crippen molar-refractivity contribution in [3.05, 3.63) is 70.3 Å². The van der Waals surface area contributed by atoms with Crippen molar-refractivity contribution >= 4 is 23.4 Å². The van der Waals surface area contributed by atoms with Crippen molar-refractivity contribution in [3.8, 4) is 0 Å². The Balaban J connectivity index is 1.37. The number of nitrogens with zero attached hydrogens (tertiary/aromatic N) is 3. The lowest BCUT2D eigenvalue weighted by Gasteiger charge is -2.33. The Morgan fingerprint density at radius 3 is 2.48 bits per heavy atom. The summed E-state index contributed by atoms with van der Waals surface area (Å²) in [5.74, 6) is -0.0928. The highest BCUT2D eigenvalue weighted by atomic mass is 16.6. The van der Waals surface area contributed by atoms with E-state index in [0.29, 0.717) is 18.5 Å². The van der Waals surface area contributed by atoms with Crippen LogP contribution < -0.4 is 4.90 Å². The number of benzene rings is 2. The summed E-state index contributed by atoms with van der Waals surface area (Å²) in [4.78, 5) is 38.5. The van der Waals surface area contributed by atoms with Crippen molar-refractivity contribution in [1.29, 1.82) is 0 Å². The minimum Gasteiger partial charge on any atom is -0.445 e. The van der Waals surface area contributed by atoms with E-state index in [0.717, 1.165) is 5.69 Å². The second kappa shape index (κ2) is 6.71. The van der Waals surface area contributed by atoms with Crippen LogP contribution in [0.15, 0.2) is 54.6 Å². The second-order valence-corrected chi connectivity index (χ2v) is 6.58. The van der Waals surface area contributed by atoms with E-state index in [1.807, 2.05) is 30.3 Å². The van der Waals surface area contributed by atoms with Crippen LogP contribution in [0, 0.1) is 10.1 Å². The molecule has 2 aliphatic heterocycles. The first kappa shape index (κ1) is 17.0. The molecule has 0 N–H and O–H groups in total. The number of non-ortho nitro benzene ring substituents is 1. The Morgan fingerprint density at radius 2 is 1.85 bits per heavy atom. The summed E-state index contributed by atoms with van der Waals surface area (Å²) in [6.07, 6.45) is 0.0577. The Bertz CT molecular complexity index is 884. The number of likely N-dealkylation sites (tertiary alicyclic amines) is 1. The van der Waals surface area contributed by atoms with E-state index < -0.39 is 17.1 Å². The highest BCUT2D eigenvalue weighted by Crippen LogP contribution is 2.35. The van der Waals surface area contributed by atoms with Crippen molar-refractivity contribution in [2.75, 3.05) is 11.4 Å². The third kappa shape index (κ3) is 3.10. The molecule has 8 nitrogen and oxygen atoms in total. The number of rotatable bonds is 4. The summed E-state index contributed by atoms with van der Waals surface area (Å²) in [5.41, 5.74) is 1.47. The first-order chi connectivity index (χ1) is 13.0. The summed E-state index contributed by atoms with van der Waals surface area (Å²) < 4.78 is 5.30. The lowest BCUT2D eigenvalue weighted by atomic mass is 10.2. The Labute approximate surface area is 155 Å². The van der Waals surface area contributed by atoms with Gasteiger partial charge in [-0.1, -0.05) is 18.2 Å². The van der Waals surface area contributed by atoms with E-state index >= 15 is 0 Å². The normalized spacial score (nSPS) is 20.8. The summed E-state index contributed by atoms with van der Waals surface area (Å²) in [7, 11) is 0. The summed E-state index contributed by atoms with van der Waals surface area (Å²) >= 11 is 0. The van der Waals surface area contributed by atoms with Gasteiger partial charge in [0.1, 0.15) is 12.6 Å². The van der Waals surface area contributed by atoms with E-state index in [-0.39, 0.29) is 24.2 Å². The van der Waals surface area contributed by atoms with Crippen LogP contribution >= 0.6 is 0 Å². The molecule has 0 unspecified atom stereocenters. The van der Waals surface area contributed by atoms with Gasteiger partial charge in [0, 0.05) is 24.4 Å². The second-order valence-electron chi connectivity index (χ2n) is 6.58. The maximum Gasteiger partial charge on any atom is 0.410 e. The standard InChI is InChI=1S/C19H17N3O5/c23-18-17-10-16(21(18)14-4-2-1-3-5-14)11-20(17)19(24)27-12-13-6-8-15(9-7-13)22(25)26/h1-9,16-17H,10-12H2/t16-,17-/m0/s1. The molecule has 0 spiro atoms. The number of carbonyl (C=O) groups excluding carboxylic acids is 2. The number of ether oxygens (including phenoxy) is 1. The number of hydrogen-bond donors (Lipinski definition) is 0. The molecule has 2 fully saturated rings. The Morgan fingerprint density at radius 1 is 1.15 bits per heavy atom. The number of nitro groups is 1. The lowest BCUT2D eigenvalue weighted by Crippen LogP contribution is -2.52. The molecule has 27 heavy (non-hydrogen) atoms. The molecule has 0 saturated carbocycles. The first-order valence-corrected chi connectivity index (χ1v) is 8.59. The minimum absolute atomic E-state index is 0.00129. The van der Waals surface area contributed by atoms with Crippen molar-refractivity contribution in [3.63, 3.8) is 0 Å². The molecule has 2 aromatic rings. The molecule has 4 rings (SSSR count). The number of anilines is 1. The van der Waals surface area contributed by atoms with Gasteiger partial charge in [-0.2, -0.15) is 0 Å². The number of piperazine rings is 1. The van der Waals surface area contributed by atoms with Crippen LogP contribution in [0.1, 0.15) is 12.0 Å². The van der Waals surface area contributed by atoms with E-state index in [1.54, 1.807) is 17.0 Å². The molecule has 2 amide bonds. The first-order valence-electron chi connectivity index (χ1n) is 8.59. The van der Waals surface area contributed by atoms with Gasteiger partial charge in [-0.15, -0.1) is 0 Å². The molecule has 2 aliphatic rings. The third-order valence-electron chi connectivity index (χ3n) is 4.94. The molecule has 2 bridgehead atoms. The predicted octanol–water partition coefficient (Wildman–Crippen LogP) is 2.72. The topological polar surface area (TPSA) is 93.0 Å². The molecule has 2 heterocycles. The van der Waals surface area contributed by atoms with Crippen molar-refractivity contribution in [1.82, 2.24) is 4.90 Å². The average Bonchev–Trinajstić information content (AvgIpc) is 3.25. The van der Waals surface area contributed by atoms with Crippen LogP contribution in [-0.2, 0) is 16.1 Å². The van der Waals surface area contributed by atoms with Crippen LogP contribution in [0.25, 0.3) is 0 Å². The van der Waals surface area contributed by atoms with Crippen LogP contribution in [0.3, 0.4) is 0 Å². The largest absolute Gasteiger partial charge is 0.445 e. The lowest BCUT2D eigenvalue weighted by molar-refractivity contribution is -0.384. The van der Waals surface area contributed by atoms with Gasteiger partial charge >= 0.3 is 6.09 Å². The highest BCUT2D eigenvalue weighted by molar-refractivity contribution is 6.03. The Kier molecular flexibility index (Phi) is 4.23. The summed E-state index contributed by atoms with van der Waals surface area (Å²) in [6, 6.07) is 14.7. The van der Waals surface area contributed by atoms with Gasteiger partial charge in [-0.25, -0.2) is 4.79 Å². The average molecular weight is 367 g/mol.